The Balaban J connectivity index is 1.39. The number of halogens is 4. The second-order valence-corrected chi connectivity index (χ2v) is 8.31. The quantitative estimate of drug-likeness (QED) is 0.556. The van der Waals surface area contributed by atoms with Crippen LogP contribution < -0.4 is 10.6 Å². The number of benzene rings is 2. The molecule has 4 nitrogen and oxygen atoms in total. The van der Waals surface area contributed by atoms with Crippen molar-refractivity contribution in [1.82, 2.24) is 5.32 Å². The van der Waals surface area contributed by atoms with Crippen molar-refractivity contribution in [2.24, 2.45) is 17.8 Å². The zero-order chi connectivity index (χ0) is 21.6. The van der Waals surface area contributed by atoms with E-state index in [1.807, 2.05) is 6.92 Å². The van der Waals surface area contributed by atoms with Gasteiger partial charge in [-0.2, -0.15) is 0 Å². The van der Waals surface area contributed by atoms with Gasteiger partial charge in [0.05, 0.1) is 0 Å². The number of fused-ring (bicyclic) bond motifs is 1. The number of nitrogens with one attached hydrogen (secondary N) is 2. The van der Waals surface area contributed by atoms with Gasteiger partial charge in [-0.25, -0.2) is 17.6 Å². The minimum absolute atomic E-state index is 0.0347. The maximum atomic E-state index is 13.4. The number of hydrogen-bond donors (Lipinski definition) is 2. The van der Waals surface area contributed by atoms with E-state index in [4.69, 9.17) is 0 Å². The van der Waals surface area contributed by atoms with Crippen LogP contribution in [-0.4, -0.2) is 17.4 Å². The van der Waals surface area contributed by atoms with Crippen molar-refractivity contribution in [2.75, 3.05) is 5.32 Å². The van der Waals surface area contributed by atoms with Crippen LogP contribution in [0.25, 0.3) is 0 Å². The number of amides is 2. The van der Waals surface area contributed by atoms with Gasteiger partial charge in [-0.3, -0.25) is 9.59 Å². The van der Waals surface area contributed by atoms with Crippen LogP contribution in [-0.2, 0) is 4.79 Å². The zero-order valence-electron chi connectivity index (χ0n) is 16.1. The monoisotopic (exact) mass is 420 g/mol. The Kier molecular flexibility index (Phi) is 5.03. The predicted molar refractivity (Wildman–Crippen MR) is 102 cm³/mol. The van der Waals surface area contributed by atoms with Gasteiger partial charge in [0, 0.05) is 22.7 Å². The summed E-state index contributed by atoms with van der Waals surface area (Å²) in [6, 6.07) is 6.84. The van der Waals surface area contributed by atoms with E-state index in [0.29, 0.717) is 37.1 Å². The van der Waals surface area contributed by atoms with Crippen LogP contribution in [0.3, 0.4) is 0 Å². The van der Waals surface area contributed by atoms with Crippen molar-refractivity contribution >= 4 is 17.5 Å². The molecule has 158 valence electrons. The van der Waals surface area contributed by atoms with Gasteiger partial charge in [0.25, 0.3) is 5.91 Å². The SMILES string of the molecule is C[C@H](C(=O)Nc1ccc(F)cc1)C1CC2(NC(=O)c3cc(F)c(F)c(F)c3)CC1C2. The van der Waals surface area contributed by atoms with Crippen molar-refractivity contribution in [2.45, 2.75) is 31.7 Å². The molecule has 2 aromatic rings. The lowest BCUT2D eigenvalue weighted by Crippen LogP contribution is -2.51. The fourth-order valence-corrected chi connectivity index (χ4v) is 4.75. The topological polar surface area (TPSA) is 58.2 Å². The first kappa shape index (κ1) is 20.4. The number of anilines is 1. The second kappa shape index (κ2) is 7.41. The van der Waals surface area contributed by atoms with Crippen molar-refractivity contribution in [3.05, 3.63) is 65.2 Å². The maximum Gasteiger partial charge on any atom is 0.251 e. The number of carbonyl (C=O) groups excluding carboxylic acids is 2. The third-order valence-electron chi connectivity index (χ3n) is 6.33. The smallest absolute Gasteiger partial charge is 0.251 e. The molecule has 2 atom stereocenters. The lowest BCUT2D eigenvalue weighted by atomic mass is 9.74. The van der Waals surface area contributed by atoms with Crippen molar-refractivity contribution in [3.8, 4) is 0 Å². The molecule has 2 bridgehead atoms. The first-order valence-electron chi connectivity index (χ1n) is 9.71. The highest BCUT2D eigenvalue weighted by atomic mass is 19.2. The van der Waals surface area contributed by atoms with E-state index in [0.717, 1.165) is 0 Å². The molecule has 3 aliphatic carbocycles. The van der Waals surface area contributed by atoms with Gasteiger partial charge in [-0.15, -0.1) is 0 Å². The molecule has 3 aliphatic rings. The van der Waals surface area contributed by atoms with E-state index >= 15 is 0 Å². The Bertz CT molecular complexity index is 980. The summed E-state index contributed by atoms with van der Waals surface area (Å²) in [6.07, 6.45) is 1.90. The highest BCUT2D eigenvalue weighted by Gasteiger charge is 2.58. The van der Waals surface area contributed by atoms with E-state index in [9.17, 15) is 27.2 Å². The lowest BCUT2D eigenvalue weighted by molar-refractivity contribution is -0.121. The largest absolute Gasteiger partial charge is 0.347 e. The standard InChI is InChI=1S/C22H20F4N2O2/c1-11(20(29)27-15-4-2-14(23)3-5-15)16-10-22(8-13(16)9-22)28-21(30)12-6-17(24)19(26)18(25)7-12/h2-7,11,13,16H,8-10H2,1H3,(H,27,29)(H,28,30)/t11-,13?,16?,22?/m0/s1. The second-order valence-electron chi connectivity index (χ2n) is 8.31. The summed E-state index contributed by atoms with van der Waals surface area (Å²) in [5.74, 6) is -5.75. The third-order valence-corrected chi connectivity index (χ3v) is 6.33. The fourth-order valence-electron chi connectivity index (χ4n) is 4.75. The molecule has 30 heavy (non-hydrogen) atoms. The number of carbonyl (C=O) groups is 2. The molecule has 0 heterocycles. The average Bonchev–Trinajstić information content (AvgIpc) is 3.22. The van der Waals surface area contributed by atoms with E-state index < -0.39 is 34.7 Å². The van der Waals surface area contributed by atoms with E-state index in [1.54, 1.807) is 0 Å². The molecule has 2 N–H and O–H groups in total. The lowest BCUT2D eigenvalue weighted by Gasteiger charge is -2.39. The van der Waals surface area contributed by atoms with E-state index in [1.165, 1.54) is 24.3 Å². The minimum Gasteiger partial charge on any atom is -0.347 e. The summed E-state index contributed by atoms with van der Waals surface area (Å²) in [6.45, 7) is 1.81. The molecule has 3 fully saturated rings. The third kappa shape index (κ3) is 3.66. The van der Waals surface area contributed by atoms with Crippen LogP contribution in [0.1, 0.15) is 36.5 Å². The molecule has 3 saturated carbocycles. The Morgan fingerprint density at radius 2 is 1.60 bits per heavy atom. The molecular weight excluding hydrogens is 400 g/mol. The summed E-state index contributed by atoms with van der Waals surface area (Å²) < 4.78 is 53.0. The summed E-state index contributed by atoms with van der Waals surface area (Å²) in [5.41, 5.74) is -0.310. The van der Waals surface area contributed by atoms with Crippen molar-refractivity contribution in [3.63, 3.8) is 0 Å². The highest BCUT2D eigenvalue weighted by Crippen LogP contribution is 2.58. The maximum absolute atomic E-state index is 13.4. The predicted octanol–water partition coefficient (Wildman–Crippen LogP) is 4.42. The normalized spacial score (nSPS) is 25.4. The first-order chi connectivity index (χ1) is 14.2. The summed E-state index contributed by atoms with van der Waals surface area (Å²) in [5, 5.41) is 5.59. The zero-order valence-corrected chi connectivity index (χ0v) is 16.1. The van der Waals surface area contributed by atoms with Crippen LogP contribution in [0.4, 0.5) is 23.2 Å². The van der Waals surface area contributed by atoms with Crippen LogP contribution in [0.15, 0.2) is 36.4 Å². The number of hydrogen-bond acceptors (Lipinski definition) is 2. The molecule has 2 amide bonds. The Morgan fingerprint density at radius 3 is 2.20 bits per heavy atom. The van der Waals surface area contributed by atoms with Crippen LogP contribution in [0.2, 0.25) is 0 Å². The summed E-state index contributed by atoms with van der Waals surface area (Å²) in [7, 11) is 0. The van der Waals surface area contributed by atoms with Crippen LogP contribution in [0, 0.1) is 41.0 Å². The molecule has 0 saturated heterocycles. The summed E-state index contributed by atoms with van der Waals surface area (Å²) >= 11 is 0. The molecule has 0 aromatic heterocycles. The highest BCUT2D eigenvalue weighted by molar-refractivity contribution is 5.95. The molecular formula is C22H20F4N2O2. The molecule has 1 unspecified atom stereocenters. The van der Waals surface area contributed by atoms with Gasteiger partial charge in [-0.05, 0) is 67.5 Å². The fraction of sp³-hybridized carbons (Fsp3) is 0.364. The van der Waals surface area contributed by atoms with Gasteiger partial charge >= 0.3 is 0 Å². The van der Waals surface area contributed by atoms with Gasteiger partial charge in [0.1, 0.15) is 5.82 Å². The molecule has 5 rings (SSSR count). The molecule has 0 spiro atoms. The summed E-state index contributed by atoms with van der Waals surface area (Å²) in [4.78, 5) is 25.0. The van der Waals surface area contributed by atoms with Gasteiger partial charge in [0.2, 0.25) is 5.91 Å². The van der Waals surface area contributed by atoms with Crippen molar-refractivity contribution < 1.29 is 27.2 Å². The van der Waals surface area contributed by atoms with Crippen LogP contribution >= 0.6 is 0 Å². The Morgan fingerprint density at radius 1 is 1.00 bits per heavy atom. The van der Waals surface area contributed by atoms with E-state index in [2.05, 4.69) is 10.6 Å². The van der Waals surface area contributed by atoms with Gasteiger partial charge in [0.15, 0.2) is 17.5 Å². The van der Waals surface area contributed by atoms with Crippen LogP contribution in [0.5, 0.6) is 0 Å². The van der Waals surface area contributed by atoms with Gasteiger partial charge in [-0.1, -0.05) is 6.92 Å². The Hall–Kier alpha value is -2.90. The average molecular weight is 420 g/mol. The van der Waals surface area contributed by atoms with Crippen molar-refractivity contribution in [1.29, 1.82) is 0 Å². The van der Waals surface area contributed by atoms with E-state index in [-0.39, 0.29) is 29.2 Å². The molecule has 0 aliphatic heterocycles. The number of rotatable bonds is 5. The molecule has 8 heteroatoms. The van der Waals surface area contributed by atoms with Gasteiger partial charge < -0.3 is 10.6 Å². The Labute approximate surface area is 170 Å². The first-order valence-corrected chi connectivity index (χ1v) is 9.71. The molecule has 0 radical (unpaired) electrons. The minimum atomic E-state index is -1.62. The molecule has 2 aromatic carbocycles.